The van der Waals surface area contributed by atoms with Crippen LogP contribution in [0.5, 0.6) is 0 Å². The lowest BCUT2D eigenvalue weighted by Gasteiger charge is -2.28. The molecule has 106 valence electrons. The highest BCUT2D eigenvalue weighted by atomic mass is 79.9. The van der Waals surface area contributed by atoms with Crippen LogP contribution in [0.2, 0.25) is 0 Å². The summed E-state index contributed by atoms with van der Waals surface area (Å²) < 4.78 is 0.785. The van der Waals surface area contributed by atoms with Gasteiger partial charge in [0, 0.05) is 22.5 Å². The maximum atomic E-state index is 12.2. The molecule has 1 aromatic rings. The molecule has 0 radical (unpaired) electrons. The summed E-state index contributed by atoms with van der Waals surface area (Å²) in [5.41, 5.74) is 0.651. The first-order valence-electron chi connectivity index (χ1n) is 6.13. The van der Waals surface area contributed by atoms with Gasteiger partial charge in [-0.05, 0) is 53.6 Å². The summed E-state index contributed by atoms with van der Waals surface area (Å²) in [5.74, 6) is -0.0744. The second-order valence-electron chi connectivity index (χ2n) is 5.75. The van der Waals surface area contributed by atoms with E-state index in [9.17, 15) is 4.79 Å². The zero-order valence-electron chi connectivity index (χ0n) is 11.8. The third-order valence-corrected chi connectivity index (χ3v) is 3.64. The largest absolute Gasteiger partial charge is 0.351 e. The quantitative estimate of drug-likeness (QED) is 0.804. The van der Waals surface area contributed by atoms with Crippen LogP contribution in [0.3, 0.4) is 0 Å². The lowest BCUT2D eigenvalue weighted by atomic mass is 9.93. The molecule has 0 saturated heterocycles. The topological polar surface area (TPSA) is 32.3 Å². The van der Waals surface area contributed by atoms with Crippen molar-refractivity contribution in [2.75, 3.05) is 27.2 Å². The number of nitrogens with one attached hydrogen (secondary N) is 1. The maximum absolute atomic E-state index is 12.2. The average Bonchev–Trinajstić information content (AvgIpc) is 2.27. The second-order valence-corrected chi connectivity index (χ2v) is 7.12. The minimum absolute atomic E-state index is 0.0320. The Balaban J connectivity index is 2.68. The van der Waals surface area contributed by atoms with Crippen molar-refractivity contribution in [3.63, 3.8) is 0 Å². The van der Waals surface area contributed by atoms with Gasteiger partial charge in [-0.1, -0.05) is 13.8 Å². The summed E-state index contributed by atoms with van der Waals surface area (Å²) in [6, 6.07) is 5.45. The van der Waals surface area contributed by atoms with E-state index in [0.29, 0.717) is 12.1 Å². The number of halogens is 1. The van der Waals surface area contributed by atoms with Crippen molar-refractivity contribution in [1.29, 1.82) is 0 Å². The van der Waals surface area contributed by atoms with Crippen molar-refractivity contribution in [1.82, 2.24) is 10.2 Å². The third-order valence-electron chi connectivity index (χ3n) is 2.67. The fourth-order valence-corrected chi connectivity index (χ4v) is 2.64. The molecule has 0 aliphatic rings. The van der Waals surface area contributed by atoms with Gasteiger partial charge in [-0.2, -0.15) is 0 Å². The van der Waals surface area contributed by atoms with E-state index in [2.05, 4.69) is 52.6 Å². The minimum Gasteiger partial charge on any atom is -0.351 e. The van der Waals surface area contributed by atoms with Crippen LogP contribution >= 0.6 is 28.6 Å². The molecule has 0 atom stereocenters. The van der Waals surface area contributed by atoms with Crippen LogP contribution in [0, 0.1) is 5.41 Å². The number of rotatable bonds is 5. The molecule has 3 nitrogen and oxygen atoms in total. The SMILES string of the molecule is CN(C)CC(C)(C)CNC(=O)c1cc(S)ccc1Br. The number of carbonyl (C=O) groups is 1. The Morgan fingerprint density at radius 1 is 1.42 bits per heavy atom. The van der Waals surface area contributed by atoms with E-state index in [0.717, 1.165) is 15.9 Å². The van der Waals surface area contributed by atoms with Crippen LogP contribution in [0.25, 0.3) is 0 Å². The van der Waals surface area contributed by atoms with Crippen molar-refractivity contribution in [3.8, 4) is 0 Å². The molecule has 0 heterocycles. The van der Waals surface area contributed by atoms with E-state index in [1.165, 1.54) is 0 Å². The lowest BCUT2D eigenvalue weighted by molar-refractivity contribution is 0.0928. The molecule has 1 aromatic carbocycles. The van der Waals surface area contributed by atoms with Gasteiger partial charge in [-0.15, -0.1) is 12.6 Å². The Bertz CT molecular complexity index is 461. The number of hydrogen-bond acceptors (Lipinski definition) is 3. The molecular weight excluding hydrogens is 324 g/mol. The number of carbonyl (C=O) groups excluding carboxylic acids is 1. The van der Waals surface area contributed by atoms with Gasteiger partial charge >= 0.3 is 0 Å². The Hall–Kier alpha value is -0.520. The number of amides is 1. The number of thiol groups is 1. The molecule has 0 bridgehead atoms. The minimum atomic E-state index is -0.0744. The standard InChI is InChI=1S/C14H21BrN2OS/c1-14(2,9-17(3)4)8-16-13(18)11-7-10(19)5-6-12(11)15/h5-7,19H,8-9H2,1-4H3,(H,16,18). The molecule has 0 aromatic heterocycles. The fourth-order valence-electron chi connectivity index (χ4n) is 2.01. The van der Waals surface area contributed by atoms with Crippen molar-refractivity contribution in [2.24, 2.45) is 5.41 Å². The number of hydrogen-bond donors (Lipinski definition) is 2. The Kier molecular flexibility index (Phi) is 5.89. The van der Waals surface area contributed by atoms with Crippen molar-refractivity contribution >= 4 is 34.5 Å². The van der Waals surface area contributed by atoms with Gasteiger partial charge in [0.25, 0.3) is 5.91 Å². The van der Waals surface area contributed by atoms with Gasteiger partial charge in [0.1, 0.15) is 0 Å². The van der Waals surface area contributed by atoms with E-state index < -0.39 is 0 Å². The van der Waals surface area contributed by atoms with Crippen LogP contribution in [0.4, 0.5) is 0 Å². The summed E-state index contributed by atoms with van der Waals surface area (Å²) in [6.45, 7) is 5.82. The van der Waals surface area contributed by atoms with Crippen LogP contribution in [0.1, 0.15) is 24.2 Å². The van der Waals surface area contributed by atoms with E-state index in [4.69, 9.17) is 0 Å². The molecule has 1 rings (SSSR count). The smallest absolute Gasteiger partial charge is 0.252 e. The van der Waals surface area contributed by atoms with Crippen LogP contribution in [-0.2, 0) is 0 Å². The number of benzene rings is 1. The van der Waals surface area contributed by atoms with Gasteiger partial charge in [0.05, 0.1) is 5.56 Å². The van der Waals surface area contributed by atoms with Crippen molar-refractivity contribution in [3.05, 3.63) is 28.2 Å². The van der Waals surface area contributed by atoms with E-state index >= 15 is 0 Å². The highest BCUT2D eigenvalue weighted by Gasteiger charge is 2.20. The fraction of sp³-hybridized carbons (Fsp3) is 0.500. The molecule has 0 aliphatic carbocycles. The average molecular weight is 345 g/mol. The molecule has 0 saturated carbocycles. The first-order chi connectivity index (χ1) is 8.71. The van der Waals surface area contributed by atoms with Gasteiger partial charge in [0.2, 0.25) is 0 Å². The first kappa shape index (κ1) is 16.5. The van der Waals surface area contributed by atoms with Crippen molar-refractivity contribution < 1.29 is 4.79 Å². The van der Waals surface area contributed by atoms with Crippen LogP contribution < -0.4 is 5.32 Å². The predicted octanol–water partition coefficient (Wildman–Crippen LogP) is 3.06. The maximum Gasteiger partial charge on any atom is 0.252 e. The van der Waals surface area contributed by atoms with Crippen molar-refractivity contribution in [2.45, 2.75) is 18.7 Å². The Labute approximate surface area is 129 Å². The molecule has 1 N–H and O–H groups in total. The predicted molar refractivity (Wildman–Crippen MR) is 86.1 cm³/mol. The summed E-state index contributed by atoms with van der Waals surface area (Å²) in [6.07, 6.45) is 0. The highest BCUT2D eigenvalue weighted by molar-refractivity contribution is 9.10. The lowest BCUT2D eigenvalue weighted by Crippen LogP contribution is -2.40. The molecule has 0 unspecified atom stereocenters. The van der Waals surface area contributed by atoms with E-state index in [1.807, 2.05) is 26.2 Å². The van der Waals surface area contributed by atoms with Gasteiger partial charge in [-0.3, -0.25) is 4.79 Å². The first-order valence-corrected chi connectivity index (χ1v) is 7.37. The summed E-state index contributed by atoms with van der Waals surface area (Å²) in [5, 5.41) is 2.98. The molecule has 0 aliphatic heterocycles. The van der Waals surface area contributed by atoms with E-state index in [-0.39, 0.29) is 11.3 Å². The summed E-state index contributed by atoms with van der Waals surface area (Å²) in [4.78, 5) is 15.1. The molecule has 1 amide bonds. The van der Waals surface area contributed by atoms with Gasteiger partial charge < -0.3 is 10.2 Å². The molecule has 5 heteroatoms. The molecule has 0 spiro atoms. The monoisotopic (exact) mass is 344 g/mol. The van der Waals surface area contributed by atoms with Crippen LogP contribution in [0.15, 0.2) is 27.6 Å². The van der Waals surface area contributed by atoms with Gasteiger partial charge in [-0.25, -0.2) is 0 Å². The second kappa shape index (κ2) is 6.77. The van der Waals surface area contributed by atoms with Crippen LogP contribution in [-0.4, -0.2) is 38.0 Å². The third kappa shape index (κ3) is 5.55. The Morgan fingerprint density at radius 3 is 2.63 bits per heavy atom. The number of nitrogens with zero attached hydrogens (tertiary/aromatic N) is 1. The summed E-state index contributed by atoms with van der Waals surface area (Å²) >= 11 is 7.65. The zero-order valence-corrected chi connectivity index (χ0v) is 14.3. The van der Waals surface area contributed by atoms with Gasteiger partial charge in [0.15, 0.2) is 0 Å². The van der Waals surface area contributed by atoms with E-state index in [1.54, 1.807) is 6.07 Å². The summed E-state index contributed by atoms with van der Waals surface area (Å²) in [7, 11) is 4.06. The Morgan fingerprint density at radius 2 is 2.05 bits per heavy atom. The highest BCUT2D eigenvalue weighted by Crippen LogP contribution is 2.21. The normalized spacial score (nSPS) is 11.7. The zero-order chi connectivity index (χ0) is 14.6. The molecule has 0 fully saturated rings. The molecule has 19 heavy (non-hydrogen) atoms. The molecular formula is C14H21BrN2OS.